The maximum absolute atomic E-state index is 14.8. The number of halogens is 2. The van der Waals surface area contributed by atoms with E-state index in [1.807, 2.05) is 18.2 Å². The third-order valence-corrected chi connectivity index (χ3v) is 5.99. The molecule has 7 heteroatoms. The predicted molar refractivity (Wildman–Crippen MR) is 105 cm³/mol. The van der Waals surface area contributed by atoms with Crippen LogP contribution in [-0.2, 0) is 15.0 Å². The van der Waals surface area contributed by atoms with Gasteiger partial charge in [-0.15, -0.1) is 0 Å². The van der Waals surface area contributed by atoms with Gasteiger partial charge in [-0.2, -0.15) is 0 Å². The van der Waals surface area contributed by atoms with Crippen molar-refractivity contribution in [2.24, 2.45) is 16.1 Å². The van der Waals surface area contributed by atoms with Crippen LogP contribution in [0.1, 0.15) is 11.1 Å². The minimum atomic E-state index is -0.708. The first-order valence-corrected chi connectivity index (χ1v) is 9.36. The van der Waals surface area contributed by atoms with E-state index in [4.69, 9.17) is 31.5 Å². The van der Waals surface area contributed by atoms with Crippen LogP contribution in [0, 0.1) is 5.41 Å². The number of aliphatic imine (C=N–C) groups is 1. The third kappa shape index (κ3) is 2.45. The molecule has 28 heavy (non-hydrogen) atoms. The van der Waals surface area contributed by atoms with E-state index in [0.29, 0.717) is 48.3 Å². The maximum atomic E-state index is 14.8. The number of ether oxygens (including phenoxy) is 3. The number of hydrogen-bond donors (Lipinski definition) is 1. The Bertz CT molecular complexity index is 1010. The minimum Gasteiger partial charge on any atom is -0.492 e. The summed E-state index contributed by atoms with van der Waals surface area (Å²) < 4.78 is 31.9. The van der Waals surface area contributed by atoms with Crippen molar-refractivity contribution < 1.29 is 18.6 Å². The molecular weight excluding hydrogens is 383 g/mol. The van der Waals surface area contributed by atoms with Crippen LogP contribution in [0.5, 0.6) is 5.75 Å². The largest absolute Gasteiger partial charge is 0.492 e. The van der Waals surface area contributed by atoms with Crippen molar-refractivity contribution in [2.45, 2.75) is 5.54 Å². The zero-order valence-corrected chi connectivity index (χ0v) is 15.7. The van der Waals surface area contributed by atoms with Crippen LogP contribution in [0.2, 0.25) is 0 Å². The maximum Gasteiger partial charge on any atom is 0.283 e. The molecule has 2 spiro atoms. The van der Waals surface area contributed by atoms with Crippen molar-refractivity contribution in [3.05, 3.63) is 70.6 Å². The summed E-state index contributed by atoms with van der Waals surface area (Å²) in [6.07, 6.45) is 8.04. The molecule has 4 aliphatic rings. The number of rotatable bonds is 1. The van der Waals surface area contributed by atoms with E-state index in [1.54, 1.807) is 24.3 Å². The average molecular weight is 401 g/mol. The Labute approximate surface area is 166 Å². The topological polar surface area (TPSA) is 66.1 Å². The molecule has 0 radical (unpaired) electrons. The van der Waals surface area contributed by atoms with Crippen LogP contribution in [-0.4, -0.2) is 32.4 Å². The smallest absolute Gasteiger partial charge is 0.283 e. The Morgan fingerprint density at radius 3 is 2.61 bits per heavy atom. The highest BCUT2D eigenvalue weighted by Crippen LogP contribution is 2.56. The fourth-order valence-corrected chi connectivity index (χ4v) is 4.31. The monoisotopic (exact) mass is 400 g/mol. The Balaban J connectivity index is 1.68. The van der Waals surface area contributed by atoms with Crippen LogP contribution < -0.4 is 10.5 Å². The van der Waals surface area contributed by atoms with Gasteiger partial charge in [0.15, 0.2) is 0 Å². The van der Waals surface area contributed by atoms with E-state index >= 15 is 0 Å². The molecule has 1 saturated heterocycles. The molecule has 0 amide bonds. The molecule has 1 unspecified atom stereocenters. The lowest BCUT2D eigenvalue weighted by Gasteiger charge is -2.53. The fraction of sp³-hybridized carbons (Fsp3) is 0.286. The van der Waals surface area contributed by atoms with E-state index < -0.39 is 5.54 Å². The number of allylic oxidation sites excluding steroid dienone is 8. The summed E-state index contributed by atoms with van der Waals surface area (Å²) in [4.78, 5) is 4.69. The number of nitrogens with two attached hydrogens (primary N) is 1. The predicted octanol–water partition coefficient (Wildman–Crippen LogP) is 3.57. The molecule has 144 valence electrons. The van der Waals surface area contributed by atoms with Gasteiger partial charge in [-0.3, -0.25) is 0 Å². The molecule has 1 fully saturated rings. The highest BCUT2D eigenvalue weighted by Gasteiger charge is 2.63. The van der Waals surface area contributed by atoms with Crippen LogP contribution in [0.25, 0.3) is 5.57 Å². The molecule has 1 aromatic rings. The van der Waals surface area contributed by atoms with Crippen LogP contribution in [0.4, 0.5) is 4.39 Å². The first-order valence-electron chi connectivity index (χ1n) is 8.98. The highest BCUT2D eigenvalue weighted by molar-refractivity contribution is 6.32. The summed E-state index contributed by atoms with van der Waals surface area (Å²) in [6.45, 7) is 1.79. The molecule has 2 N–H and O–H groups in total. The van der Waals surface area contributed by atoms with Crippen molar-refractivity contribution in [3.8, 4) is 5.75 Å². The van der Waals surface area contributed by atoms with Gasteiger partial charge >= 0.3 is 0 Å². The average Bonchev–Trinajstić information content (AvgIpc) is 3.03. The van der Waals surface area contributed by atoms with Gasteiger partial charge in [0.2, 0.25) is 0 Å². The first kappa shape index (κ1) is 17.5. The SMILES string of the molecule is NC1=NC2(CO1)c1cc(C3=C(F)/C=C/C=C/C(Cl)=C3)ccc1OCC21COC1. The molecular formula is C21H18ClFN2O3. The number of fused-ring (bicyclic) bond motifs is 3. The lowest BCUT2D eigenvalue weighted by atomic mass is 9.64. The summed E-state index contributed by atoms with van der Waals surface area (Å²) in [6, 6.07) is 5.70. The third-order valence-electron chi connectivity index (χ3n) is 5.75. The number of benzene rings is 1. The second-order valence-corrected chi connectivity index (χ2v) is 7.82. The Morgan fingerprint density at radius 2 is 1.89 bits per heavy atom. The van der Waals surface area contributed by atoms with E-state index in [0.717, 1.165) is 5.56 Å². The van der Waals surface area contributed by atoms with Gasteiger partial charge in [-0.05, 0) is 35.9 Å². The lowest BCUT2D eigenvalue weighted by Crippen LogP contribution is -2.63. The molecule has 3 aliphatic heterocycles. The Kier molecular flexibility index (Phi) is 3.89. The minimum absolute atomic E-state index is 0.150. The van der Waals surface area contributed by atoms with Gasteiger partial charge in [-0.25, -0.2) is 9.38 Å². The highest BCUT2D eigenvalue weighted by atomic mass is 35.5. The molecule has 0 saturated carbocycles. The summed E-state index contributed by atoms with van der Waals surface area (Å²) in [5.41, 5.74) is 6.73. The summed E-state index contributed by atoms with van der Waals surface area (Å²) in [5, 5.41) is 0.438. The van der Waals surface area contributed by atoms with Crippen molar-refractivity contribution >= 4 is 23.2 Å². The van der Waals surface area contributed by atoms with Crippen LogP contribution >= 0.6 is 11.6 Å². The van der Waals surface area contributed by atoms with Crippen LogP contribution in [0.3, 0.4) is 0 Å². The van der Waals surface area contributed by atoms with E-state index in [2.05, 4.69) is 4.99 Å². The zero-order chi connectivity index (χ0) is 19.4. The van der Waals surface area contributed by atoms with Crippen LogP contribution in [0.15, 0.2) is 64.4 Å². The standard InChI is InChI=1S/C21H18ClFN2O3/c22-14-3-1-2-4-17(23)15(8-14)13-5-6-18-16(7-13)21(12-28-19(24)25-21)20(11-27-18)9-26-10-20/h1-8H,9-12H2,(H2,24,25)/b2-1?,3-1+,4-2+,14-3?,14-8?,15-8?,17-4?,17-15?. The second kappa shape index (κ2) is 6.22. The fourth-order valence-electron chi connectivity index (χ4n) is 4.13. The molecule has 1 aliphatic carbocycles. The van der Waals surface area contributed by atoms with Gasteiger partial charge in [-0.1, -0.05) is 29.8 Å². The second-order valence-electron chi connectivity index (χ2n) is 7.38. The van der Waals surface area contributed by atoms with E-state index in [-0.39, 0.29) is 17.3 Å². The summed E-state index contributed by atoms with van der Waals surface area (Å²) in [5.74, 6) is 0.321. The first-order chi connectivity index (χ1) is 13.5. The molecule has 3 heterocycles. The normalized spacial score (nSPS) is 29.6. The van der Waals surface area contributed by atoms with Crippen molar-refractivity contribution in [1.29, 1.82) is 0 Å². The Hall–Kier alpha value is -2.57. The number of nitrogens with zero attached hydrogens (tertiary/aromatic N) is 1. The molecule has 0 aromatic heterocycles. The van der Waals surface area contributed by atoms with Crippen molar-refractivity contribution in [1.82, 2.24) is 0 Å². The van der Waals surface area contributed by atoms with Crippen molar-refractivity contribution in [2.75, 3.05) is 26.4 Å². The summed E-state index contributed by atoms with van der Waals surface area (Å²) >= 11 is 6.20. The molecule has 5 rings (SSSR count). The molecule has 1 atom stereocenters. The van der Waals surface area contributed by atoms with E-state index in [9.17, 15) is 4.39 Å². The lowest BCUT2D eigenvalue weighted by molar-refractivity contribution is -0.185. The quantitative estimate of drug-likeness (QED) is 0.782. The zero-order valence-electron chi connectivity index (χ0n) is 15.0. The number of hydrogen-bond acceptors (Lipinski definition) is 5. The molecule has 5 nitrogen and oxygen atoms in total. The van der Waals surface area contributed by atoms with Gasteiger partial charge in [0, 0.05) is 16.2 Å². The number of amidine groups is 1. The van der Waals surface area contributed by atoms with E-state index in [1.165, 1.54) is 6.08 Å². The summed E-state index contributed by atoms with van der Waals surface area (Å²) in [7, 11) is 0. The van der Waals surface area contributed by atoms with Gasteiger partial charge in [0.25, 0.3) is 6.02 Å². The Morgan fingerprint density at radius 1 is 1.07 bits per heavy atom. The van der Waals surface area contributed by atoms with Crippen molar-refractivity contribution in [3.63, 3.8) is 0 Å². The molecule has 1 aromatic carbocycles. The van der Waals surface area contributed by atoms with Gasteiger partial charge < -0.3 is 19.9 Å². The van der Waals surface area contributed by atoms with Gasteiger partial charge in [0.05, 0.1) is 18.6 Å². The molecule has 0 bridgehead atoms. The van der Waals surface area contributed by atoms with Gasteiger partial charge in [0.1, 0.15) is 30.3 Å².